The second kappa shape index (κ2) is 15.2. The van der Waals surface area contributed by atoms with Crippen molar-refractivity contribution >= 4 is 33.4 Å². The summed E-state index contributed by atoms with van der Waals surface area (Å²) in [6.07, 6.45) is 8.95. The maximum atomic E-state index is 14.0. The molecule has 2 aliphatic heterocycles. The van der Waals surface area contributed by atoms with Crippen molar-refractivity contribution in [1.29, 1.82) is 0 Å². The van der Waals surface area contributed by atoms with Gasteiger partial charge >= 0.3 is 0 Å². The van der Waals surface area contributed by atoms with Crippen LogP contribution in [-0.4, -0.2) is 81.1 Å². The van der Waals surface area contributed by atoms with Crippen LogP contribution < -0.4 is 15.4 Å². The van der Waals surface area contributed by atoms with Crippen molar-refractivity contribution in [3.05, 3.63) is 70.2 Å². The first-order chi connectivity index (χ1) is 21.1. The zero-order valence-corrected chi connectivity index (χ0v) is 27.2. The summed E-state index contributed by atoms with van der Waals surface area (Å²) in [5.41, 5.74) is 3.26. The van der Waals surface area contributed by atoms with Crippen molar-refractivity contribution in [2.45, 2.75) is 76.0 Å². The van der Waals surface area contributed by atoms with Gasteiger partial charge in [-0.1, -0.05) is 80.1 Å². The molecule has 5 rings (SSSR count). The van der Waals surface area contributed by atoms with Gasteiger partial charge in [0, 0.05) is 69.2 Å². The van der Waals surface area contributed by atoms with Crippen molar-refractivity contribution in [3.8, 4) is 0 Å². The number of fused-ring (bicyclic) bond motifs is 1. The van der Waals surface area contributed by atoms with E-state index in [-0.39, 0.29) is 30.3 Å². The molecule has 2 aromatic carbocycles. The lowest BCUT2D eigenvalue weighted by atomic mass is 9.84. The lowest BCUT2D eigenvalue weighted by Gasteiger charge is -2.41. The van der Waals surface area contributed by atoms with Crippen LogP contribution in [0.15, 0.2) is 48.5 Å². The zero-order chi connectivity index (χ0) is 31.1. The van der Waals surface area contributed by atoms with Crippen LogP contribution >= 0.6 is 11.6 Å². The normalized spacial score (nSPS) is 21.0. The van der Waals surface area contributed by atoms with Crippen molar-refractivity contribution in [2.24, 2.45) is 5.92 Å². The first-order valence-electron chi connectivity index (χ1n) is 16.0. The van der Waals surface area contributed by atoms with E-state index >= 15 is 0 Å². The lowest BCUT2D eigenvalue weighted by Crippen LogP contribution is -2.58. The average molecular weight is 644 g/mol. The molecule has 0 bridgehead atoms. The third-order valence-electron chi connectivity index (χ3n) is 9.40. The molecule has 2 fully saturated rings. The number of hydrogen-bond acceptors (Lipinski definition) is 6. The Balaban J connectivity index is 1.23. The minimum absolute atomic E-state index is 0.0809. The number of piperazine rings is 1. The fraction of sp³-hybridized carbons (Fsp3) is 0.576. The molecule has 3 atom stereocenters. The van der Waals surface area contributed by atoms with E-state index in [4.69, 9.17) is 11.6 Å². The smallest absolute Gasteiger partial charge is 0.245 e. The van der Waals surface area contributed by atoms with Crippen LogP contribution in [-0.2, 0) is 32.6 Å². The van der Waals surface area contributed by atoms with E-state index in [9.17, 15) is 18.0 Å². The summed E-state index contributed by atoms with van der Waals surface area (Å²) in [6.45, 7) is 3.51. The van der Waals surface area contributed by atoms with Crippen LogP contribution in [0, 0.1) is 5.92 Å². The molecular formula is C33H46ClN5O4S. The van der Waals surface area contributed by atoms with Gasteiger partial charge in [0.05, 0.1) is 6.26 Å². The van der Waals surface area contributed by atoms with E-state index in [0.29, 0.717) is 50.1 Å². The van der Waals surface area contributed by atoms with Crippen LogP contribution in [0.25, 0.3) is 0 Å². The predicted molar refractivity (Wildman–Crippen MR) is 174 cm³/mol. The van der Waals surface area contributed by atoms with Crippen LogP contribution in [0.1, 0.15) is 67.7 Å². The molecule has 2 unspecified atom stereocenters. The second-order valence-corrected chi connectivity index (χ2v) is 14.9. The lowest BCUT2D eigenvalue weighted by molar-refractivity contribution is -0.138. The summed E-state index contributed by atoms with van der Waals surface area (Å²) in [4.78, 5) is 31.5. The minimum Gasteiger partial charge on any atom is -0.344 e. The monoisotopic (exact) mass is 643 g/mol. The van der Waals surface area contributed by atoms with E-state index in [1.807, 2.05) is 29.2 Å². The maximum absolute atomic E-state index is 14.0. The molecule has 0 aromatic heterocycles. The molecule has 2 heterocycles. The number of nitrogens with zero attached hydrogens (tertiary/aromatic N) is 2. The Bertz CT molecular complexity index is 1370. The van der Waals surface area contributed by atoms with E-state index in [2.05, 4.69) is 32.4 Å². The van der Waals surface area contributed by atoms with E-state index in [1.165, 1.54) is 43.9 Å². The standard InChI is InChI=1S/C33H46ClN5O4S/c1-44(42,43)36-23-28(19-24-7-3-2-4-8-24)38-15-17-39(18-16-38)33(41)31(20-25-11-13-27(34)14-12-25)37-32(40)21-30-29-10-6-5-9-26(29)22-35-30/h5-6,9-14,24,28,30-31,35-36H,2-4,7-8,15-23H2,1H3,(H,37,40)/t28?,30?,31-/m1/s1. The van der Waals surface area contributed by atoms with Gasteiger partial charge in [0.15, 0.2) is 0 Å². The number of sulfonamides is 1. The summed E-state index contributed by atoms with van der Waals surface area (Å²) in [6, 6.07) is 14.8. The SMILES string of the molecule is CS(=O)(=O)NCC(CC1CCCCC1)N1CCN(C(=O)[C@@H](Cc2ccc(Cl)cc2)NC(=O)CC2NCc3ccccc32)CC1. The van der Waals surface area contributed by atoms with Gasteiger partial charge in [-0.2, -0.15) is 0 Å². The Hall–Kier alpha value is -2.50. The molecule has 3 N–H and O–H groups in total. The average Bonchev–Trinajstić information content (AvgIpc) is 3.42. The summed E-state index contributed by atoms with van der Waals surface area (Å²) in [7, 11) is -3.30. The van der Waals surface area contributed by atoms with Gasteiger partial charge in [-0.15, -0.1) is 0 Å². The van der Waals surface area contributed by atoms with Crippen LogP contribution in [0.3, 0.4) is 0 Å². The van der Waals surface area contributed by atoms with Gasteiger partial charge in [-0.3, -0.25) is 14.5 Å². The first-order valence-corrected chi connectivity index (χ1v) is 18.2. The van der Waals surface area contributed by atoms with Crippen molar-refractivity contribution in [3.63, 3.8) is 0 Å². The van der Waals surface area contributed by atoms with Gasteiger partial charge in [-0.25, -0.2) is 13.1 Å². The summed E-state index contributed by atoms with van der Waals surface area (Å²) in [5, 5.41) is 7.11. The van der Waals surface area contributed by atoms with E-state index in [1.54, 1.807) is 12.1 Å². The van der Waals surface area contributed by atoms with Crippen LogP contribution in [0.2, 0.25) is 5.02 Å². The molecule has 9 nitrogen and oxygen atoms in total. The molecular weight excluding hydrogens is 598 g/mol. The molecule has 3 aliphatic rings. The fourth-order valence-electron chi connectivity index (χ4n) is 7.00. The molecule has 2 aromatic rings. The first kappa shape index (κ1) is 32.9. The Morgan fingerprint density at radius 1 is 1.00 bits per heavy atom. The third kappa shape index (κ3) is 9.26. The molecule has 0 radical (unpaired) electrons. The van der Waals surface area contributed by atoms with Gasteiger partial charge in [0.25, 0.3) is 0 Å². The van der Waals surface area contributed by atoms with E-state index < -0.39 is 16.1 Å². The molecule has 0 spiro atoms. The molecule has 240 valence electrons. The van der Waals surface area contributed by atoms with Crippen molar-refractivity contribution in [2.75, 3.05) is 39.0 Å². The Morgan fingerprint density at radius 3 is 2.41 bits per heavy atom. The van der Waals surface area contributed by atoms with Crippen molar-refractivity contribution < 1.29 is 18.0 Å². The molecule has 1 aliphatic carbocycles. The summed E-state index contributed by atoms with van der Waals surface area (Å²) >= 11 is 6.11. The summed E-state index contributed by atoms with van der Waals surface area (Å²) in [5.74, 6) is 0.352. The molecule has 1 saturated heterocycles. The van der Waals surface area contributed by atoms with Crippen molar-refractivity contribution in [1.82, 2.24) is 25.2 Å². The maximum Gasteiger partial charge on any atom is 0.245 e. The highest BCUT2D eigenvalue weighted by atomic mass is 35.5. The number of hydrogen-bond donors (Lipinski definition) is 3. The second-order valence-electron chi connectivity index (χ2n) is 12.7. The highest BCUT2D eigenvalue weighted by Gasteiger charge is 2.33. The number of benzene rings is 2. The minimum atomic E-state index is -3.30. The molecule has 1 saturated carbocycles. The molecule has 11 heteroatoms. The van der Waals surface area contributed by atoms with Gasteiger partial charge < -0.3 is 15.5 Å². The number of amides is 2. The Kier molecular flexibility index (Phi) is 11.4. The van der Waals surface area contributed by atoms with Crippen LogP contribution in [0.4, 0.5) is 0 Å². The number of rotatable bonds is 12. The predicted octanol–water partition coefficient (Wildman–Crippen LogP) is 3.63. The topological polar surface area (TPSA) is 111 Å². The quantitative estimate of drug-likeness (QED) is 0.326. The number of carbonyl (C=O) groups excluding carboxylic acids is 2. The third-order valence-corrected chi connectivity index (χ3v) is 10.3. The van der Waals surface area contributed by atoms with Gasteiger partial charge in [0.2, 0.25) is 21.8 Å². The Morgan fingerprint density at radius 2 is 1.70 bits per heavy atom. The molecule has 44 heavy (non-hydrogen) atoms. The van der Waals surface area contributed by atoms with Crippen LogP contribution in [0.5, 0.6) is 0 Å². The number of nitrogens with one attached hydrogen (secondary N) is 3. The van der Waals surface area contributed by atoms with Gasteiger partial charge in [-0.05, 0) is 41.2 Å². The number of halogens is 1. The number of carbonyl (C=O) groups is 2. The summed E-state index contributed by atoms with van der Waals surface area (Å²) < 4.78 is 26.6. The fourth-order valence-corrected chi connectivity index (χ4v) is 7.62. The molecule has 2 amide bonds. The highest BCUT2D eigenvalue weighted by Crippen LogP contribution is 2.29. The Labute approximate surface area is 267 Å². The highest BCUT2D eigenvalue weighted by molar-refractivity contribution is 7.88. The van der Waals surface area contributed by atoms with Gasteiger partial charge in [0.1, 0.15) is 6.04 Å². The van der Waals surface area contributed by atoms with E-state index in [0.717, 1.165) is 24.1 Å². The largest absolute Gasteiger partial charge is 0.344 e. The zero-order valence-electron chi connectivity index (χ0n) is 25.6.